The third-order valence-electron chi connectivity index (χ3n) is 2.86. The number of carboxylic acids is 1. The zero-order valence-electron chi connectivity index (χ0n) is 13.1. The number of rotatable bonds is 1. The summed E-state index contributed by atoms with van der Waals surface area (Å²) < 4.78 is 0. The van der Waals surface area contributed by atoms with Gasteiger partial charge in [0, 0.05) is 17.2 Å². The van der Waals surface area contributed by atoms with Crippen molar-refractivity contribution in [3.63, 3.8) is 0 Å². The van der Waals surface area contributed by atoms with Crippen molar-refractivity contribution in [1.82, 2.24) is 10.2 Å². The predicted octanol–water partition coefficient (Wildman–Crippen LogP) is 4.24. The van der Waals surface area contributed by atoms with Crippen LogP contribution in [-0.2, 0) is 6.42 Å². The lowest BCUT2D eigenvalue weighted by Gasteiger charge is -1.92. The molecule has 0 unspecified atom stereocenters. The Balaban J connectivity index is 0.000000404. The van der Waals surface area contributed by atoms with Crippen LogP contribution in [0.1, 0.15) is 82.0 Å². The molecule has 0 bridgehead atoms. The third kappa shape index (κ3) is 4.08. The van der Waals surface area contributed by atoms with E-state index in [0.29, 0.717) is 11.8 Å². The van der Waals surface area contributed by atoms with Crippen LogP contribution in [0, 0.1) is 5.92 Å². The fourth-order valence-electron chi connectivity index (χ4n) is 2.16. The standard InChI is InChI=1S/C8H8N2O2.C3H8.2C2H6/c11-8(12)7-5-2-3-1-4(3)6(5)9-10-7;1-3-2;2*1-2/h3-4H,1-2H2,(H,9,10)(H,11,12);3H2,1-2H3;2*1-2H3/t3-,4-;;;/m1.../s1. The molecule has 1 heterocycles. The van der Waals surface area contributed by atoms with Gasteiger partial charge in [0.15, 0.2) is 5.69 Å². The first-order valence-corrected chi connectivity index (χ1v) is 7.49. The lowest BCUT2D eigenvalue weighted by atomic mass is 10.1. The second kappa shape index (κ2) is 8.73. The first-order valence-electron chi connectivity index (χ1n) is 7.49. The van der Waals surface area contributed by atoms with E-state index in [1.54, 1.807) is 0 Å². The molecule has 1 aromatic rings. The summed E-state index contributed by atoms with van der Waals surface area (Å²) in [6.07, 6.45) is 3.38. The molecule has 1 aromatic heterocycles. The van der Waals surface area contributed by atoms with E-state index in [9.17, 15) is 4.79 Å². The number of aromatic carboxylic acids is 1. The van der Waals surface area contributed by atoms with Gasteiger partial charge in [-0.2, -0.15) is 5.10 Å². The van der Waals surface area contributed by atoms with Gasteiger partial charge in [-0.15, -0.1) is 0 Å². The molecule has 1 saturated carbocycles. The minimum Gasteiger partial charge on any atom is -0.476 e. The number of aromatic amines is 1. The molecule has 0 aromatic carbocycles. The highest BCUT2D eigenvalue weighted by atomic mass is 16.4. The van der Waals surface area contributed by atoms with E-state index < -0.39 is 5.97 Å². The van der Waals surface area contributed by atoms with Gasteiger partial charge in [0.05, 0.1) is 0 Å². The molecule has 3 rings (SSSR count). The monoisotopic (exact) mass is 268 g/mol. The fraction of sp³-hybridized carbons (Fsp3) is 0.733. The average Bonchev–Trinajstić information content (AvgIpc) is 2.90. The molecule has 0 spiro atoms. The molecular weight excluding hydrogens is 240 g/mol. The molecule has 110 valence electrons. The Kier molecular flexibility index (Phi) is 8.12. The van der Waals surface area contributed by atoms with Crippen LogP contribution in [0.5, 0.6) is 0 Å². The summed E-state index contributed by atoms with van der Waals surface area (Å²) in [7, 11) is 0. The number of hydrogen-bond acceptors (Lipinski definition) is 2. The highest BCUT2D eigenvalue weighted by Gasteiger charge is 2.48. The van der Waals surface area contributed by atoms with Crippen LogP contribution >= 0.6 is 0 Å². The Labute approximate surface area is 116 Å². The minimum absolute atomic E-state index is 0.234. The number of aromatic nitrogens is 2. The molecule has 1 fully saturated rings. The summed E-state index contributed by atoms with van der Waals surface area (Å²) in [5.41, 5.74) is 2.26. The number of hydrogen-bond donors (Lipinski definition) is 2. The maximum absolute atomic E-state index is 10.7. The van der Waals surface area contributed by atoms with E-state index in [0.717, 1.165) is 17.7 Å². The van der Waals surface area contributed by atoms with Gasteiger partial charge in [0.1, 0.15) is 0 Å². The molecular formula is C15H28N2O2. The largest absolute Gasteiger partial charge is 0.476 e. The van der Waals surface area contributed by atoms with E-state index in [1.165, 1.54) is 12.8 Å². The zero-order chi connectivity index (χ0) is 15.0. The number of fused-ring (bicyclic) bond motifs is 3. The quantitative estimate of drug-likeness (QED) is 0.800. The zero-order valence-corrected chi connectivity index (χ0v) is 13.1. The summed E-state index contributed by atoms with van der Waals surface area (Å²) in [6, 6.07) is 0. The Bertz CT molecular complexity index is 385. The van der Waals surface area contributed by atoms with Gasteiger partial charge in [-0.25, -0.2) is 4.79 Å². The number of carboxylic acid groups (broad SMARTS) is 1. The first-order chi connectivity index (χ1) is 9.19. The molecule has 0 saturated heterocycles. The summed E-state index contributed by atoms with van der Waals surface area (Å²) in [6.45, 7) is 12.2. The number of nitrogens with zero attached hydrogens (tertiary/aromatic N) is 1. The second-order valence-corrected chi connectivity index (χ2v) is 4.28. The maximum Gasteiger partial charge on any atom is 0.356 e. The number of nitrogens with one attached hydrogen (secondary N) is 1. The molecule has 19 heavy (non-hydrogen) atoms. The van der Waals surface area contributed by atoms with Gasteiger partial charge >= 0.3 is 5.97 Å². The lowest BCUT2D eigenvalue weighted by Crippen LogP contribution is -2.01. The van der Waals surface area contributed by atoms with Crippen molar-refractivity contribution < 1.29 is 9.90 Å². The van der Waals surface area contributed by atoms with Crippen LogP contribution in [-0.4, -0.2) is 21.3 Å². The van der Waals surface area contributed by atoms with Crippen LogP contribution in [0.25, 0.3) is 0 Å². The van der Waals surface area contributed by atoms with Crippen LogP contribution in [0.2, 0.25) is 0 Å². The molecule has 2 atom stereocenters. The molecule has 4 nitrogen and oxygen atoms in total. The SMILES string of the molecule is CC.CC.CCC.O=C(O)c1n[nH]c2c1C[C@H]1C[C@@H]21. The highest BCUT2D eigenvalue weighted by molar-refractivity contribution is 5.87. The number of H-pyrrole nitrogens is 1. The van der Waals surface area contributed by atoms with Crippen molar-refractivity contribution >= 4 is 5.97 Å². The van der Waals surface area contributed by atoms with Gasteiger partial charge in [-0.3, -0.25) is 5.10 Å². The van der Waals surface area contributed by atoms with Crippen LogP contribution in [0.4, 0.5) is 0 Å². The van der Waals surface area contributed by atoms with Crippen molar-refractivity contribution in [1.29, 1.82) is 0 Å². The molecule has 2 N–H and O–H groups in total. The van der Waals surface area contributed by atoms with E-state index in [2.05, 4.69) is 24.0 Å². The van der Waals surface area contributed by atoms with Gasteiger partial charge < -0.3 is 5.11 Å². The highest BCUT2D eigenvalue weighted by Crippen LogP contribution is 2.55. The maximum atomic E-state index is 10.7. The van der Waals surface area contributed by atoms with E-state index in [1.807, 2.05) is 27.7 Å². The first kappa shape index (κ1) is 17.7. The van der Waals surface area contributed by atoms with Crippen LogP contribution < -0.4 is 0 Å². The van der Waals surface area contributed by atoms with E-state index in [-0.39, 0.29) is 5.69 Å². The topological polar surface area (TPSA) is 66.0 Å². The minimum atomic E-state index is -0.909. The van der Waals surface area contributed by atoms with Gasteiger partial charge in [0.25, 0.3) is 0 Å². The van der Waals surface area contributed by atoms with Gasteiger partial charge in [-0.05, 0) is 18.8 Å². The molecule has 2 aliphatic carbocycles. The molecule has 4 heteroatoms. The number of carbonyl (C=O) groups is 1. The predicted molar refractivity (Wildman–Crippen MR) is 78.8 cm³/mol. The summed E-state index contributed by atoms with van der Waals surface area (Å²) in [4.78, 5) is 10.7. The summed E-state index contributed by atoms with van der Waals surface area (Å²) in [5.74, 6) is 0.404. The average molecular weight is 268 g/mol. The smallest absolute Gasteiger partial charge is 0.356 e. The second-order valence-electron chi connectivity index (χ2n) is 4.28. The normalized spacial score (nSPS) is 20.3. The van der Waals surface area contributed by atoms with Crippen molar-refractivity contribution in [2.45, 2.75) is 66.7 Å². The Morgan fingerprint density at radius 1 is 1.32 bits per heavy atom. The lowest BCUT2D eigenvalue weighted by molar-refractivity contribution is 0.0689. The summed E-state index contributed by atoms with van der Waals surface area (Å²) in [5, 5.41) is 15.4. The molecule has 0 amide bonds. The van der Waals surface area contributed by atoms with Gasteiger partial charge in [-0.1, -0.05) is 48.0 Å². The fourth-order valence-corrected chi connectivity index (χ4v) is 2.16. The Morgan fingerprint density at radius 2 is 1.84 bits per heavy atom. The van der Waals surface area contributed by atoms with Crippen LogP contribution in [0.3, 0.4) is 0 Å². The summed E-state index contributed by atoms with van der Waals surface area (Å²) >= 11 is 0. The molecule has 0 radical (unpaired) electrons. The van der Waals surface area contributed by atoms with Gasteiger partial charge in [0.2, 0.25) is 0 Å². The van der Waals surface area contributed by atoms with Crippen molar-refractivity contribution in [3.8, 4) is 0 Å². The molecule has 2 aliphatic rings. The van der Waals surface area contributed by atoms with Crippen molar-refractivity contribution in [2.24, 2.45) is 5.92 Å². The van der Waals surface area contributed by atoms with Crippen molar-refractivity contribution in [3.05, 3.63) is 17.0 Å². The van der Waals surface area contributed by atoms with E-state index in [4.69, 9.17) is 5.11 Å². The Hall–Kier alpha value is -1.32. The van der Waals surface area contributed by atoms with Crippen molar-refractivity contribution in [2.75, 3.05) is 0 Å². The molecule has 0 aliphatic heterocycles. The van der Waals surface area contributed by atoms with E-state index >= 15 is 0 Å². The van der Waals surface area contributed by atoms with Crippen LogP contribution in [0.15, 0.2) is 0 Å². The Morgan fingerprint density at radius 3 is 2.32 bits per heavy atom. The third-order valence-corrected chi connectivity index (χ3v) is 2.86.